The quantitative estimate of drug-likeness (QED) is 0.705. The van der Waals surface area contributed by atoms with E-state index in [0.29, 0.717) is 13.1 Å². The van der Waals surface area contributed by atoms with Gasteiger partial charge in [0.05, 0.1) is 25.6 Å². The van der Waals surface area contributed by atoms with E-state index >= 15 is 0 Å². The lowest BCUT2D eigenvalue weighted by Crippen LogP contribution is -2.49. The highest BCUT2D eigenvalue weighted by Gasteiger charge is 2.31. The molecule has 1 aliphatic heterocycles. The lowest BCUT2D eigenvalue weighted by Gasteiger charge is -2.37. The van der Waals surface area contributed by atoms with Gasteiger partial charge < -0.3 is 26.0 Å². The lowest BCUT2D eigenvalue weighted by molar-refractivity contribution is -0.135. The van der Waals surface area contributed by atoms with Crippen molar-refractivity contribution >= 4 is 23.3 Å². The van der Waals surface area contributed by atoms with Gasteiger partial charge in [0.2, 0.25) is 5.91 Å². The summed E-state index contributed by atoms with van der Waals surface area (Å²) >= 11 is 1.49. The van der Waals surface area contributed by atoms with Crippen LogP contribution in [0, 0.1) is 0 Å². The summed E-state index contributed by atoms with van der Waals surface area (Å²) in [6.07, 6.45) is 0.162. The van der Waals surface area contributed by atoms with Crippen LogP contribution in [-0.4, -0.2) is 43.6 Å². The molecule has 0 aliphatic carbocycles. The fraction of sp³-hybridized carbons (Fsp3) is 0.368. The predicted molar refractivity (Wildman–Crippen MR) is 105 cm³/mol. The number of rotatable bonds is 6. The van der Waals surface area contributed by atoms with Gasteiger partial charge in [-0.1, -0.05) is 24.3 Å². The molecule has 0 radical (unpaired) electrons. The van der Waals surface area contributed by atoms with Crippen molar-refractivity contribution in [2.75, 3.05) is 26.7 Å². The van der Waals surface area contributed by atoms with Gasteiger partial charge in [0.15, 0.2) is 0 Å². The van der Waals surface area contributed by atoms with Crippen molar-refractivity contribution in [1.82, 2.24) is 15.5 Å². The lowest BCUT2D eigenvalue weighted by atomic mass is 10.0. The van der Waals surface area contributed by atoms with E-state index in [1.165, 1.54) is 11.3 Å². The number of piperazine rings is 1. The topological polar surface area (TPSA) is 96.7 Å². The first kappa shape index (κ1) is 19.2. The Hall–Kier alpha value is -2.58. The van der Waals surface area contributed by atoms with Gasteiger partial charge in [-0.05, 0) is 17.5 Å². The third-order valence-electron chi connectivity index (χ3n) is 4.64. The van der Waals surface area contributed by atoms with Crippen molar-refractivity contribution in [2.45, 2.75) is 18.5 Å². The molecule has 1 saturated heterocycles. The summed E-state index contributed by atoms with van der Waals surface area (Å²) in [6.45, 7) is 1.97. The van der Waals surface area contributed by atoms with Crippen LogP contribution in [0.2, 0.25) is 0 Å². The molecular weight excluding hydrogens is 364 g/mol. The molecule has 8 heteroatoms. The summed E-state index contributed by atoms with van der Waals surface area (Å²) in [5.41, 5.74) is 6.28. The minimum Gasteiger partial charge on any atom is -0.496 e. The van der Waals surface area contributed by atoms with Crippen LogP contribution >= 0.6 is 11.3 Å². The van der Waals surface area contributed by atoms with Gasteiger partial charge >= 0.3 is 6.03 Å². The molecule has 0 saturated carbocycles. The van der Waals surface area contributed by atoms with E-state index in [4.69, 9.17) is 10.5 Å². The van der Waals surface area contributed by atoms with Gasteiger partial charge in [-0.3, -0.25) is 4.79 Å². The molecular formula is C19H24N4O3S. The van der Waals surface area contributed by atoms with Crippen LogP contribution < -0.4 is 21.1 Å². The highest BCUT2D eigenvalue weighted by atomic mass is 32.1. The fourth-order valence-corrected chi connectivity index (χ4v) is 4.18. The predicted octanol–water partition coefficient (Wildman–Crippen LogP) is 2.03. The van der Waals surface area contributed by atoms with Crippen LogP contribution in [0.15, 0.2) is 41.8 Å². The number of amides is 3. The van der Waals surface area contributed by atoms with Crippen LogP contribution in [0.5, 0.6) is 5.75 Å². The van der Waals surface area contributed by atoms with Crippen molar-refractivity contribution in [2.24, 2.45) is 5.73 Å². The number of urea groups is 1. The van der Waals surface area contributed by atoms with Crippen molar-refractivity contribution in [3.8, 4) is 5.75 Å². The number of carbonyl (C=O) groups excluding carboxylic acids is 2. The zero-order valence-electron chi connectivity index (χ0n) is 15.2. The minimum absolute atomic E-state index is 0.0282. The molecule has 0 bridgehead atoms. The molecule has 1 aromatic heterocycles. The van der Waals surface area contributed by atoms with Crippen LogP contribution in [0.25, 0.3) is 0 Å². The number of para-hydroxylation sites is 1. The third kappa shape index (κ3) is 4.58. The molecule has 2 unspecified atom stereocenters. The first-order valence-electron chi connectivity index (χ1n) is 8.82. The minimum atomic E-state index is -0.636. The summed E-state index contributed by atoms with van der Waals surface area (Å²) in [6, 6.07) is 10.3. The zero-order chi connectivity index (χ0) is 19.2. The highest BCUT2D eigenvalue weighted by Crippen LogP contribution is 2.32. The number of nitrogens with two attached hydrogens (primary N) is 1. The van der Waals surface area contributed by atoms with Gasteiger partial charge in [0.1, 0.15) is 5.75 Å². The number of thiophene rings is 1. The summed E-state index contributed by atoms with van der Waals surface area (Å²) in [5, 5.41) is 7.95. The smallest absolute Gasteiger partial charge is 0.312 e. The van der Waals surface area contributed by atoms with E-state index in [1.54, 1.807) is 7.11 Å². The second kappa shape index (κ2) is 8.88. The Kier molecular flexibility index (Phi) is 6.31. The number of primary amides is 1. The van der Waals surface area contributed by atoms with Gasteiger partial charge in [-0.25, -0.2) is 4.79 Å². The van der Waals surface area contributed by atoms with Gasteiger partial charge in [0.25, 0.3) is 0 Å². The Morgan fingerprint density at radius 3 is 2.89 bits per heavy atom. The van der Waals surface area contributed by atoms with Gasteiger partial charge in [-0.2, -0.15) is 0 Å². The van der Waals surface area contributed by atoms with Crippen molar-refractivity contribution in [1.29, 1.82) is 0 Å². The molecule has 2 aromatic rings. The fourth-order valence-electron chi connectivity index (χ4n) is 3.40. The van der Waals surface area contributed by atoms with E-state index in [0.717, 1.165) is 22.7 Å². The van der Waals surface area contributed by atoms with E-state index in [9.17, 15) is 9.59 Å². The summed E-state index contributed by atoms with van der Waals surface area (Å²) in [5.74, 6) is 0.730. The number of hydrogen-bond acceptors (Lipinski definition) is 5. The summed E-state index contributed by atoms with van der Waals surface area (Å²) in [7, 11) is 1.63. The molecule has 2 atom stereocenters. The third-order valence-corrected chi connectivity index (χ3v) is 5.63. The molecule has 4 N–H and O–H groups in total. The number of ether oxygens (including phenoxy) is 1. The molecule has 7 nitrogen and oxygen atoms in total. The van der Waals surface area contributed by atoms with Gasteiger partial charge in [0, 0.05) is 30.1 Å². The van der Waals surface area contributed by atoms with Crippen LogP contribution in [0.1, 0.15) is 28.9 Å². The Morgan fingerprint density at radius 2 is 2.19 bits per heavy atom. The van der Waals surface area contributed by atoms with Crippen LogP contribution in [0.4, 0.5) is 4.79 Å². The standard InChI is InChI=1S/C19H24N4O3S/c1-26-16-6-3-2-5-13(16)15-12-21-8-9-23(15)18(24)11-14(22-19(20)25)17-7-4-10-27-17/h2-7,10,14-15,21H,8-9,11-12H2,1H3,(H3,20,22,25). The first-order chi connectivity index (χ1) is 13.1. The summed E-state index contributed by atoms with van der Waals surface area (Å²) < 4.78 is 5.48. The van der Waals surface area contributed by atoms with E-state index in [1.807, 2.05) is 46.7 Å². The number of benzene rings is 1. The van der Waals surface area contributed by atoms with Crippen molar-refractivity contribution in [3.63, 3.8) is 0 Å². The Bertz CT molecular complexity index is 781. The molecule has 1 aliphatic rings. The van der Waals surface area contributed by atoms with Crippen molar-refractivity contribution < 1.29 is 14.3 Å². The molecule has 1 aromatic carbocycles. The maximum absolute atomic E-state index is 13.1. The normalized spacial score (nSPS) is 18.0. The molecule has 0 spiro atoms. The Labute approximate surface area is 162 Å². The van der Waals surface area contributed by atoms with Gasteiger partial charge in [-0.15, -0.1) is 11.3 Å². The largest absolute Gasteiger partial charge is 0.496 e. The Balaban J connectivity index is 1.81. The molecule has 144 valence electrons. The molecule has 3 amide bonds. The molecule has 2 heterocycles. The average molecular weight is 388 g/mol. The maximum Gasteiger partial charge on any atom is 0.312 e. The number of nitrogens with zero attached hydrogens (tertiary/aromatic N) is 1. The summed E-state index contributed by atoms with van der Waals surface area (Å²) in [4.78, 5) is 27.3. The number of carbonyl (C=O) groups is 2. The second-order valence-electron chi connectivity index (χ2n) is 6.33. The number of hydrogen-bond donors (Lipinski definition) is 3. The highest BCUT2D eigenvalue weighted by molar-refractivity contribution is 7.10. The molecule has 3 rings (SSSR count). The van der Waals surface area contributed by atoms with E-state index in [-0.39, 0.29) is 18.4 Å². The number of nitrogens with one attached hydrogen (secondary N) is 2. The maximum atomic E-state index is 13.1. The Morgan fingerprint density at radius 1 is 1.37 bits per heavy atom. The zero-order valence-corrected chi connectivity index (χ0v) is 16.0. The SMILES string of the molecule is COc1ccccc1C1CNCCN1C(=O)CC(NC(N)=O)c1cccs1. The van der Waals surface area contributed by atoms with E-state index < -0.39 is 12.1 Å². The molecule has 27 heavy (non-hydrogen) atoms. The van der Waals surface area contributed by atoms with E-state index in [2.05, 4.69) is 10.6 Å². The van der Waals surface area contributed by atoms with Crippen LogP contribution in [-0.2, 0) is 4.79 Å². The molecule has 1 fully saturated rings. The second-order valence-corrected chi connectivity index (χ2v) is 7.31. The monoisotopic (exact) mass is 388 g/mol. The van der Waals surface area contributed by atoms with Crippen molar-refractivity contribution in [3.05, 3.63) is 52.2 Å². The average Bonchev–Trinajstić information content (AvgIpc) is 3.22. The first-order valence-corrected chi connectivity index (χ1v) is 9.70. The number of methoxy groups -OCH3 is 1. The van der Waals surface area contributed by atoms with Crippen LogP contribution in [0.3, 0.4) is 0 Å².